The number of halogens is 27. The van der Waals surface area contributed by atoms with Gasteiger partial charge in [-0.05, 0) is 0 Å². The summed E-state index contributed by atoms with van der Waals surface area (Å²) in [6.45, 7) is 0. The first-order valence-corrected chi connectivity index (χ1v) is 15.2. The number of benzene rings is 5. The first-order chi connectivity index (χ1) is 28.9. The number of hydrogen-bond acceptors (Lipinski definition) is 2. The van der Waals surface area contributed by atoms with Gasteiger partial charge in [0.2, 0.25) is 23.0 Å². The summed E-state index contributed by atoms with van der Waals surface area (Å²) in [6, 6.07) is 0. The minimum atomic E-state index is -7.22. The van der Waals surface area contributed by atoms with E-state index in [1.165, 1.54) is 0 Å². The zero-order chi connectivity index (χ0) is 47.8. The lowest BCUT2D eigenvalue weighted by molar-refractivity contribution is -0.375. The van der Waals surface area contributed by atoms with E-state index in [2.05, 4.69) is 4.74 Å². The molecule has 6 rings (SSSR count). The molecule has 0 radical (unpaired) electrons. The third kappa shape index (κ3) is 6.03. The maximum Gasteiger partial charge on any atom is 0.405 e. The molecule has 2 nitrogen and oxygen atoms in total. The summed E-state index contributed by atoms with van der Waals surface area (Å²) in [6.07, 6.45) is -14.0. The average molecular weight is 951 g/mol. The second kappa shape index (κ2) is 14.7. The molecular formula is C34F27NO. The van der Waals surface area contributed by atoms with Crippen LogP contribution in [0.1, 0.15) is 16.7 Å². The molecule has 29 heteroatoms. The topological polar surface area (TPSA) is 21.6 Å². The molecule has 0 fully saturated rings. The molecule has 0 amide bonds. The SMILES string of the molecule is Fc1c(F)c(F)c(-c2c(F)c(F)c(C3=NC(c4c(F)c(F)c(F)c(F)c4F)(c4c(F)c(F)c(-c5c(F)c(F)c(F)c(F)c5F)c(F)c4F)C(F)(F)OC3(F)F)c(F)c2F)c(F)c1F. The second-order valence-electron chi connectivity index (χ2n) is 12.2. The fourth-order valence-corrected chi connectivity index (χ4v) is 6.11. The van der Waals surface area contributed by atoms with Gasteiger partial charge >= 0.3 is 12.2 Å². The molecule has 5 aromatic carbocycles. The Bertz CT molecular complexity index is 2780. The van der Waals surface area contributed by atoms with Crippen molar-refractivity contribution in [2.75, 3.05) is 0 Å². The van der Waals surface area contributed by atoms with Crippen LogP contribution in [0.15, 0.2) is 4.99 Å². The molecule has 0 bridgehead atoms. The molecule has 1 heterocycles. The molecule has 1 atom stereocenters. The van der Waals surface area contributed by atoms with Gasteiger partial charge in [-0.2, -0.15) is 17.6 Å². The van der Waals surface area contributed by atoms with Crippen LogP contribution in [0.2, 0.25) is 0 Å². The average Bonchev–Trinajstić information content (AvgIpc) is 3.21. The monoisotopic (exact) mass is 951 g/mol. The highest BCUT2D eigenvalue weighted by Gasteiger charge is 2.72. The largest absolute Gasteiger partial charge is 0.405 e. The molecule has 1 aliphatic heterocycles. The minimum Gasteiger partial charge on any atom is -0.254 e. The Balaban J connectivity index is 1.87. The fourth-order valence-electron chi connectivity index (χ4n) is 6.11. The lowest BCUT2D eigenvalue weighted by Gasteiger charge is -2.43. The number of nitrogens with zero attached hydrogens (tertiary/aromatic N) is 1. The van der Waals surface area contributed by atoms with E-state index >= 15 is 61.5 Å². The first kappa shape index (κ1) is 46.3. The molecule has 0 aliphatic carbocycles. The molecule has 1 unspecified atom stereocenters. The highest BCUT2D eigenvalue weighted by atomic mass is 19.3. The van der Waals surface area contributed by atoms with Crippen LogP contribution in [0.4, 0.5) is 119 Å². The van der Waals surface area contributed by atoms with Gasteiger partial charge in [0.1, 0.15) is 5.71 Å². The van der Waals surface area contributed by atoms with E-state index in [0.717, 1.165) is 0 Å². The van der Waals surface area contributed by atoms with E-state index in [9.17, 15) is 57.1 Å². The lowest BCUT2D eigenvalue weighted by Crippen LogP contribution is -2.59. The quantitative estimate of drug-likeness (QED) is 0.0977. The first-order valence-electron chi connectivity index (χ1n) is 15.2. The zero-order valence-corrected chi connectivity index (χ0v) is 28.1. The van der Waals surface area contributed by atoms with Crippen LogP contribution in [-0.4, -0.2) is 17.9 Å². The summed E-state index contributed by atoms with van der Waals surface area (Å²) in [5.74, 6) is -82.2. The van der Waals surface area contributed by atoms with Crippen molar-refractivity contribution in [3.05, 3.63) is 150 Å². The van der Waals surface area contributed by atoms with Crippen molar-refractivity contribution in [3.8, 4) is 22.3 Å². The second-order valence-corrected chi connectivity index (χ2v) is 12.2. The van der Waals surface area contributed by atoms with E-state index in [4.69, 9.17) is 0 Å². The van der Waals surface area contributed by atoms with Crippen molar-refractivity contribution in [2.24, 2.45) is 4.99 Å². The van der Waals surface area contributed by atoms with Gasteiger partial charge in [-0.15, -0.1) is 0 Å². The number of alkyl halides is 4. The van der Waals surface area contributed by atoms with Gasteiger partial charge in [0.05, 0.1) is 38.9 Å². The summed E-state index contributed by atoms with van der Waals surface area (Å²) in [5.41, 5.74) is -34.4. The maximum atomic E-state index is 16.1. The van der Waals surface area contributed by atoms with Crippen LogP contribution >= 0.6 is 0 Å². The van der Waals surface area contributed by atoms with E-state index < -0.39 is 196 Å². The van der Waals surface area contributed by atoms with E-state index in [0.29, 0.717) is 0 Å². The van der Waals surface area contributed by atoms with E-state index in [-0.39, 0.29) is 0 Å². The Morgan fingerprint density at radius 3 is 0.730 bits per heavy atom. The molecule has 0 saturated heterocycles. The Morgan fingerprint density at radius 2 is 0.444 bits per heavy atom. The van der Waals surface area contributed by atoms with Gasteiger partial charge in [-0.1, -0.05) is 0 Å². The zero-order valence-electron chi connectivity index (χ0n) is 28.1. The minimum absolute atomic E-state index is 1.82. The summed E-state index contributed by atoms with van der Waals surface area (Å²) in [5, 5.41) is 0. The molecule has 336 valence electrons. The van der Waals surface area contributed by atoms with Crippen molar-refractivity contribution in [3.63, 3.8) is 0 Å². The molecular weight excluding hydrogens is 951 g/mol. The Labute approximate surface area is 325 Å². The van der Waals surface area contributed by atoms with Gasteiger partial charge in [-0.3, -0.25) is 4.99 Å². The van der Waals surface area contributed by atoms with Crippen LogP contribution < -0.4 is 0 Å². The molecule has 0 spiro atoms. The van der Waals surface area contributed by atoms with Crippen molar-refractivity contribution in [1.82, 2.24) is 0 Å². The van der Waals surface area contributed by atoms with Crippen molar-refractivity contribution in [1.29, 1.82) is 0 Å². The summed E-state index contributed by atoms with van der Waals surface area (Å²) < 4.78 is 407. The Hall–Kier alpha value is -6.16. The van der Waals surface area contributed by atoms with Gasteiger partial charge < -0.3 is 0 Å². The van der Waals surface area contributed by atoms with Crippen molar-refractivity contribution in [2.45, 2.75) is 17.8 Å². The van der Waals surface area contributed by atoms with Crippen molar-refractivity contribution < 1.29 is 123 Å². The number of aliphatic imine (C=N–C) groups is 1. The fraction of sp³-hybridized carbons (Fsp3) is 0.0882. The highest BCUT2D eigenvalue weighted by molar-refractivity contribution is 6.06. The Morgan fingerprint density at radius 1 is 0.254 bits per heavy atom. The third-order valence-corrected chi connectivity index (χ3v) is 8.85. The number of ether oxygens (including phenoxy) is 1. The van der Waals surface area contributed by atoms with Crippen LogP contribution in [0, 0.1) is 134 Å². The van der Waals surface area contributed by atoms with Gasteiger partial charge in [-0.25, -0.2) is 106 Å². The predicted octanol–water partition coefficient (Wildman–Crippen LogP) is 12.2. The standard InChI is InChI=1S/C34F27NO/c35-8-1(3-12(39)22(49)28(55)23(50)13(3)40)9(36)17(44)5(16(8)43)31-33(58,59)63-34(60,61)32(62-31,7-20(47)26(53)30(57)27(54)21(7)48)6-18(45)10(37)2(11(38)19(6)46)4-14(41)24(51)29(56)25(52)15(4)42. The van der Waals surface area contributed by atoms with Crippen LogP contribution in [-0.2, 0) is 10.3 Å². The van der Waals surface area contributed by atoms with Crippen LogP contribution in [0.5, 0.6) is 0 Å². The molecule has 63 heavy (non-hydrogen) atoms. The molecule has 0 aromatic heterocycles. The number of rotatable bonds is 5. The van der Waals surface area contributed by atoms with Crippen LogP contribution in [0.3, 0.4) is 0 Å². The summed E-state index contributed by atoms with van der Waals surface area (Å²) >= 11 is 0. The number of hydrogen-bond donors (Lipinski definition) is 0. The lowest BCUT2D eigenvalue weighted by atomic mass is 9.78. The molecule has 1 aliphatic rings. The summed E-state index contributed by atoms with van der Waals surface area (Å²) in [7, 11) is 0. The van der Waals surface area contributed by atoms with E-state index in [1.54, 1.807) is 0 Å². The maximum absolute atomic E-state index is 16.1. The van der Waals surface area contributed by atoms with Gasteiger partial charge in [0.15, 0.2) is 116 Å². The van der Waals surface area contributed by atoms with Crippen molar-refractivity contribution >= 4 is 5.71 Å². The smallest absolute Gasteiger partial charge is 0.254 e. The molecule has 0 N–H and O–H groups in total. The van der Waals surface area contributed by atoms with Gasteiger partial charge in [0.25, 0.3) is 0 Å². The normalized spacial score (nSPS) is 17.2. The summed E-state index contributed by atoms with van der Waals surface area (Å²) in [4.78, 5) is 1.82. The van der Waals surface area contributed by atoms with E-state index in [1.807, 2.05) is 4.99 Å². The third-order valence-electron chi connectivity index (χ3n) is 8.85. The molecule has 5 aromatic rings. The van der Waals surface area contributed by atoms with Gasteiger partial charge in [0, 0.05) is 0 Å². The highest BCUT2D eigenvalue weighted by Crippen LogP contribution is 2.58. The Kier molecular flexibility index (Phi) is 10.8. The molecule has 0 saturated carbocycles. The predicted molar refractivity (Wildman–Crippen MR) is 148 cm³/mol. The van der Waals surface area contributed by atoms with Crippen LogP contribution in [0.25, 0.3) is 22.3 Å².